The minimum absolute atomic E-state index is 0.394. The molecule has 3 nitrogen and oxygen atoms in total. The molecule has 2 rings (SSSR count). The van der Waals surface area contributed by atoms with Crippen LogP contribution in [0.25, 0.3) is 0 Å². The van der Waals surface area contributed by atoms with Gasteiger partial charge in [0.2, 0.25) is 0 Å². The zero-order chi connectivity index (χ0) is 12.1. The van der Waals surface area contributed by atoms with Crippen LogP contribution in [0.3, 0.4) is 0 Å². The summed E-state index contributed by atoms with van der Waals surface area (Å²) in [5.74, 6) is 0. The molecule has 0 bridgehead atoms. The second-order valence-corrected chi connectivity index (χ2v) is 5.85. The van der Waals surface area contributed by atoms with E-state index >= 15 is 0 Å². The van der Waals surface area contributed by atoms with Crippen LogP contribution in [0, 0.1) is 0 Å². The van der Waals surface area contributed by atoms with Crippen LogP contribution in [0.1, 0.15) is 46.0 Å². The molecular weight excluding hydrogens is 212 g/mol. The Labute approximate surface area is 106 Å². The third-order valence-electron chi connectivity index (χ3n) is 4.44. The molecule has 100 valence electrons. The molecule has 3 heteroatoms. The Balaban J connectivity index is 1.87. The van der Waals surface area contributed by atoms with Gasteiger partial charge in [-0.05, 0) is 52.1 Å². The first-order valence-electron chi connectivity index (χ1n) is 7.31. The van der Waals surface area contributed by atoms with E-state index in [4.69, 9.17) is 4.74 Å². The molecule has 0 radical (unpaired) electrons. The number of rotatable bonds is 4. The van der Waals surface area contributed by atoms with Crippen molar-refractivity contribution in [3.05, 3.63) is 0 Å². The van der Waals surface area contributed by atoms with Gasteiger partial charge < -0.3 is 10.1 Å². The van der Waals surface area contributed by atoms with E-state index in [2.05, 4.69) is 24.1 Å². The van der Waals surface area contributed by atoms with E-state index in [0.717, 1.165) is 13.2 Å². The number of piperidine rings is 1. The molecule has 1 unspecified atom stereocenters. The summed E-state index contributed by atoms with van der Waals surface area (Å²) in [4.78, 5) is 2.71. The van der Waals surface area contributed by atoms with Crippen molar-refractivity contribution in [2.24, 2.45) is 0 Å². The van der Waals surface area contributed by atoms with Gasteiger partial charge in [0.15, 0.2) is 0 Å². The molecule has 2 aliphatic heterocycles. The third-order valence-corrected chi connectivity index (χ3v) is 4.44. The van der Waals surface area contributed by atoms with E-state index in [1.165, 1.54) is 51.7 Å². The van der Waals surface area contributed by atoms with E-state index in [0.29, 0.717) is 11.6 Å². The second-order valence-electron chi connectivity index (χ2n) is 5.85. The van der Waals surface area contributed by atoms with Gasteiger partial charge in [-0.2, -0.15) is 0 Å². The highest BCUT2D eigenvalue weighted by Gasteiger charge is 2.36. The molecule has 0 aromatic heterocycles. The Morgan fingerprint density at radius 3 is 2.82 bits per heavy atom. The maximum absolute atomic E-state index is 5.51. The molecule has 1 atom stereocenters. The predicted octanol–water partition coefficient (Wildman–Crippen LogP) is 2.02. The highest BCUT2D eigenvalue weighted by atomic mass is 16.5. The lowest BCUT2D eigenvalue weighted by Gasteiger charge is -2.47. The fourth-order valence-corrected chi connectivity index (χ4v) is 3.11. The summed E-state index contributed by atoms with van der Waals surface area (Å²) in [5, 5.41) is 3.68. The molecule has 2 heterocycles. The summed E-state index contributed by atoms with van der Waals surface area (Å²) in [6.07, 6.45) is 6.34. The molecular formula is C14H28N2O. The van der Waals surface area contributed by atoms with Crippen molar-refractivity contribution in [2.45, 2.75) is 57.5 Å². The van der Waals surface area contributed by atoms with Crippen LogP contribution >= 0.6 is 0 Å². The molecule has 2 aliphatic rings. The van der Waals surface area contributed by atoms with Crippen LogP contribution < -0.4 is 5.32 Å². The maximum atomic E-state index is 5.51. The number of likely N-dealkylation sites (tertiary alicyclic amines) is 1. The minimum atomic E-state index is 0.394. The number of hydrogen-bond acceptors (Lipinski definition) is 3. The highest BCUT2D eigenvalue weighted by molar-refractivity contribution is 4.92. The maximum Gasteiger partial charge on any atom is 0.0483 e. The van der Waals surface area contributed by atoms with Crippen LogP contribution in [-0.4, -0.2) is 49.3 Å². The zero-order valence-electron chi connectivity index (χ0n) is 11.5. The topological polar surface area (TPSA) is 24.5 Å². The lowest BCUT2D eigenvalue weighted by atomic mass is 9.87. The Bertz CT molecular complexity index is 226. The van der Waals surface area contributed by atoms with Crippen molar-refractivity contribution >= 4 is 0 Å². The Morgan fingerprint density at radius 1 is 1.35 bits per heavy atom. The third kappa shape index (κ3) is 3.43. The normalized spacial score (nSPS) is 30.4. The molecule has 0 amide bonds. The standard InChI is InChI=1S/C14H28N2O/c1-3-8-15-13-5-4-9-16(12-13)14(2)6-10-17-11-7-14/h13,15H,3-12H2,1-2H3. The Hall–Kier alpha value is -0.120. The van der Waals surface area contributed by atoms with Crippen LogP contribution in [0.5, 0.6) is 0 Å². The van der Waals surface area contributed by atoms with Gasteiger partial charge in [0.05, 0.1) is 0 Å². The number of nitrogens with one attached hydrogen (secondary N) is 1. The van der Waals surface area contributed by atoms with E-state index in [9.17, 15) is 0 Å². The fraction of sp³-hybridized carbons (Fsp3) is 1.00. The zero-order valence-corrected chi connectivity index (χ0v) is 11.5. The SMILES string of the molecule is CCCNC1CCCN(C2(C)CCOCC2)C1. The summed E-state index contributed by atoms with van der Waals surface area (Å²) in [6, 6.07) is 0.711. The van der Waals surface area contributed by atoms with Crippen molar-refractivity contribution in [1.82, 2.24) is 10.2 Å². The van der Waals surface area contributed by atoms with Gasteiger partial charge in [-0.3, -0.25) is 4.90 Å². The molecule has 0 aromatic rings. The van der Waals surface area contributed by atoms with Crippen molar-refractivity contribution in [1.29, 1.82) is 0 Å². The van der Waals surface area contributed by atoms with Gasteiger partial charge in [0, 0.05) is 31.3 Å². The Morgan fingerprint density at radius 2 is 2.12 bits per heavy atom. The molecule has 0 saturated carbocycles. The smallest absolute Gasteiger partial charge is 0.0483 e. The second kappa shape index (κ2) is 6.17. The number of hydrogen-bond donors (Lipinski definition) is 1. The quantitative estimate of drug-likeness (QED) is 0.813. The van der Waals surface area contributed by atoms with Gasteiger partial charge in [-0.25, -0.2) is 0 Å². The molecule has 0 spiro atoms. The first kappa shape index (κ1) is 13.3. The van der Waals surface area contributed by atoms with Gasteiger partial charge in [0.25, 0.3) is 0 Å². The Kier molecular flexibility index (Phi) is 4.83. The lowest BCUT2D eigenvalue weighted by Crippen LogP contribution is -2.57. The molecule has 0 aliphatic carbocycles. The molecule has 17 heavy (non-hydrogen) atoms. The molecule has 2 fully saturated rings. The first-order chi connectivity index (χ1) is 8.24. The van der Waals surface area contributed by atoms with E-state index in [1.807, 2.05) is 0 Å². The van der Waals surface area contributed by atoms with Crippen molar-refractivity contribution in [2.75, 3.05) is 32.8 Å². The molecule has 0 aromatic carbocycles. The van der Waals surface area contributed by atoms with Crippen molar-refractivity contribution in [3.63, 3.8) is 0 Å². The predicted molar refractivity (Wildman–Crippen MR) is 71.3 cm³/mol. The van der Waals surface area contributed by atoms with E-state index in [1.54, 1.807) is 0 Å². The summed E-state index contributed by atoms with van der Waals surface area (Å²) in [6.45, 7) is 10.2. The number of ether oxygens (including phenoxy) is 1. The summed E-state index contributed by atoms with van der Waals surface area (Å²) >= 11 is 0. The van der Waals surface area contributed by atoms with Crippen LogP contribution in [0.15, 0.2) is 0 Å². The van der Waals surface area contributed by atoms with Crippen LogP contribution in [0.4, 0.5) is 0 Å². The van der Waals surface area contributed by atoms with Gasteiger partial charge >= 0.3 is 0 Å². The summed E-state index contributed by atoms with van der Waals surface area (Å²) in [5.41, 5.74) is 0.394. The van der Waals surface area contributed by atoms with E-state index < -0.39 is 0 Å². The summed E-state index contributed by atoms with van der Waals surface area (Å²) in [7, 11) is 0. The highest BCUT2D eigenvalue weighted by Crippen LogP contribution is 2.30. The van der Waals surface area contributed by atoms with Crippen LogP contribution in [-0.2, 0) is 4.74 Å². The molecule has 1 N–H and O–H groups in total. The lowest BCUT2D eigenvalue weighted by molar-refractivity contribution is -0.0314. The average molecular weight is 240 g/mol. The van der Waals surface area contributed by atoms with Crippen LogP contribution in [0.2, 0.25) is 0 Å². The van der Waals surface area contributed by atoms with Gasteiger partial charge in [0.1, 0.15) is 0 Å². The average Bonchev–Trinajstić information content (AvgIpc) is 2.38. The van der Waals surface area contributed by atoms with E-state index in [-0.39, 0.29) is 0 Å². The minimum Gasteiger partial charge on any atom is -0.381 e. The fourth-order valence-electron chi connectivity index (χ4n) is 3.11. The van der Waals surface area contributed by atoms with Crippen molar-refractivity contribution in [3.8, 4) is 0 Å². The van der Waals surface area contributed by atoms with Gasteiger partial charge in [-0.1, -0.05) is 6.92 Å². The number of nitrogens with zero attached hydrogens (tertiary/aromatic N) is 1. The first-order valence-corrected chi connectivity index (χ1v) is 7.31. The van der Waals surface area contributed by atoms with Gasteiger partial charge in [-0.15, -0.1) is 0 Å². The largest absolute Gasteiger partial charge is 0.381 e. The van der Waals surface area contributed by atoms with Crippen molar-refractivity contribution < 1.29 is 4.74 Å². The summed E-state index contributed by atoms with van der Waals surface area (Å²) < 4.78 is 5.51. The molecule has 2 saturated heterocycles. The monoisotopic (exact) mass is 240 g/mol.